The zero-order valence-electron chi connectivity index (χ0n) is 11.1. The molecule has 1 aliphatic rings. The van der Waals surface area contributed by atoms with Gasteiger partial charge >= 0.3 is 0 Å². The molecule has 102 valence electrons. The van der Waals surface area contributed by atoms with Crippen LogP contribution in [-0.2, 0) is 9.47 Å². The van der Waals surface area contributed by atoms with Gasteiger partial charge in [-0.3, -0.25) is 0 Å². The summed E-state index contributed by atoms with van der Waals surface area (Å²) in [6, 6.07) is 10.3. The minimum Gasteiger partial charge on any atom is -0.459 e. The van der Waals surface area contributed by atoms with E-state index in [9.17, 15) is 0 Å². The van der Waals surface area contributed by atoms with Crippen molar-refractivity contribution in [3.8, 4) is 0 Å². The first-order valence-corrected chi connectivity index (χ1v) is 6.82. The number of fused-ring (bicyclic) bond motifs is 1. The van der Waals surface area contributed by atoms with Crippen molar-refractivity contribution in [2.75, 3.05) is 19.8 Å². The molecule has 0 saturated carbocycles. The molecule has 0 bridgehead atoms. The molecule has 1 atom stereocenters. The van der Waals surface area contributed by atoms with Gasteiger partial charge in [-0.25, -0.2) is 0 Å². The number of ether oxygens (including phenoxy) is 2. The van der Waals surface area contributed by atoms with Crippen LogP contribution < -0.4 is 5.32 Å². The molecule has 1 aromatic heterocycles. The Kier molecular flexibility index (Phi) is 3.82. The predicted octanol–water partition coefficient (Wildman–Crippen LogP) is 2.85. The lowest BCUT2D eigenvalue weighted by molar-refractivity contribution is -0.0540. The van der Waals surface area contributed by atoms with E-state index in [1.165, 1.54) is 0 Å². The molecule has 4 nitrogen and oxygen atoms in total. The summed E-state index contributed by atoms with van der Waals surface area (Å²) in [5, 5.41) is 4.57. The first-order valence-electron chi connectivity index (χ1n) is 6.82. The molecule has 1 saturated heterocycles. The second kappa shape index (κ2) is 5.74. The van der Waals surface area contributed by atoms with E-state index >= 15 is 0 Å². The Bertz CT molecular complexity index is 498. The second-order valence-electron chi connectivity index (χ2n) is 4.70. The number of benzene rings is 1. The van der Waals surface area contributed by atoms with Crippen LogP contribution in [0.25, 0.3) is 11.0 Å². The van der Waals surface area contributed by atoms with Gasteiger partial charge in [0.1, 0.15) is 11.3 Å². The van der Waals surface area contributed by atoms with Gasteiger partial charge in [0.2, 0.25) is 0 Å². The molecular weight excluding hydrogens is 242 g/mol. The predicted molar refractivity (Wildman–Crippen MR) is 72.9 cm³/mol. The van der Waals surface area contributed by atoms with E-state index in [4.69, 9.17) is 13.9 Å². The van der Waals surface area contributed by atoms with Crippen LogP contribution in [-0.4, -0.2) is 26.0 Å². The summed E-state index contributed by atoms with van der Waals surface area (Å²) in [6.45, 7) is 4.34. The van der Waals surface area contributed by atoms with E-state index in [0.29, 0.717) is 13.2 Å². The molecule has 2 aromatic rings. The fourth-order valence-corrected chi connectivity index (χ4v) is 2.46. The molecule has 4 heteroatoms. The Balaban J connectivity index is 1.81. The third-order valence-corrected chi connectivity index (χ3v) is 3.36. The number of hydrogen-bond donors (Lipinski definition) is 1. The number of furan rings is 1. The lowest BCUT2D eigenvalue weighted by atomic mass is 10.1. The molecule has 3 rings (SSSR count). The topological polar surface area (TPSA) is 43.6 Å². The van der Waals surface area contributed by atoms with Crippen molar-refractivity contribution in [2.24, 2.45) is 0 Å². The fourth-order valence-electron chi connectivity index (χ4n) is 2.46. The molecule has 1 aromatic carbocycles. The third kappa shape index (κ3) is 2.81. The Morgan fingerprint density at radius 1 is 1.26 bits per heavy atom. The second-order valence-corrected chi connectivity index (χ2v) is 4.70. The van der Waals surface area contributed by atoms with Gasteiger partial charge in [-0.2, -0.15) is 0 Å². The Morgan fingerprint density at radius 2 is 2.05 bits per heavy atom. The molecule has 0 amide bonds. The fraction of sp³-hybridized carbons (Fsp3) is 0.467. The highest BCUT2D eigenvalue weighted by molar-refractivity contribution is 5.77. The largest absolute Gasteiger partial charge is 0.459 e. The van der Waals surface area contributed by atoms with Crippen LogP contribution in [0.15, 0.2) is 34.7 Å². The van der Waals surface area contributed by atoms with Gasteiger partial charge in [0.05, 0.1) is 19.3 Å². The molecule has 19 heavy (non-hydrogen) atoms. The van der Waals surface area contributed by atoms with E-state index in [2.05, 4.69) is 24.4 Å². The van der Waals surface area contributed by atoms with Crippen molar-refractivity contribution in [1.29, 1.82) is 0 Å². The van der Waals surface area contributed by atoms with Crippen LogP contribution in [0.4, 0.5) is 0 Å². The quantitative estimate of drug-likeness (QED) is 0.898. The molecule has 1 fully saturated rings. The maximum absolute atomic E-state index is 5.92. The molecular formula is C15H19NO3. The Labute approximate surface area is 112 Å². The Morgan fingerprint density at radius 3 is 2.79 bits per heavy atom. The zero-order chi connectivity index (χ0) is 13.1. The van der Waals surface area contributed by atoms with Gasteiger partial charge in [-0.05, 0) is 18.7 Å². The van der Waals surface area contributed by atoms with Crippen LogP contribution in [0.3, 0.4) is 0 Å². The average Bonchev–Trinajstić information content (AvgIpc) is 3.06. The SMILES string of the molecule is CCNC(CC1OCCO1)c1cc2ccccc2o1. The molecule has 0 spiro atoms. The van der Waals surface area contributed by atoms with E-state index in [0.717, 1.165) is 29.7 Å². The van der Waals surface area contributed by atoms with Crippen molar-refractivity contribution in [1.82, 2.24) is 5.32 Å². The van der Waals surface area contributed by atoms with Crippen molar-refractivity contribution < 1.29 is 13.9 Å². The average molecular weight is 261 g/mol. The summed E-state index contributed by atoms with van der Waals surface area (Å²) in [7, 11) is 0. The summed E-state index contributed by atoms with van der Waals surface area (Å²) in [5.74, 6) is 0.946. The summed E-state index contributed by atoms with van der Waals surface area (Å²) in [6.07, 6.45) is 0.644. The number of hydrogen-bond acceptors (Lipinski definition) is 4. The lowest BCUT2D eigenvalue weighted by Crippen LogP contribution is -2.25. The molecule has 2 heterocycles. The maximum Gasteiger partial charge on any atom is 0.159 e. The molecule has 1 aliphatic heterocycles. The van der Waals surface area contributed by atoms with Crippen LogP contribution in [0.1, 0.15) is 25.1 Å². The minimum atomic E-state index is -0.128. The van der Waals surface area contributed by atoms with E-state index in [1.54, 1.807) is 0 Å². The summed E-state index contributed by atoms with van der Waals surface area (Å²) < 4.78 is 17.0. The lowest BCUT2D eigenvalue weighted by Gasteiger charge is -2.18. The molecule has 1 unspecified atom stereocenters. The summed E-state index contributed by atoms with van der Waals surface area (Å²) in [4.78, 5) is 0. The monoisotopic (exact) mass is 261 g/mol. The van der Waals surface area contributed by atoms with Crippen molar-refractivity contribution in [3.63, 3.8) is 0 Å². The van der Waals surface area contributed by atoms with Gasteiger partial charge in [0.15, 0.2) is 6.29 Å². The highest BCUT2D eigenvalue weighted by Gasteiger charge is 2.24. The van der Waals surface area contributed by atoms with Crippen molar-refractivity contribution >= 4 is 11.0 Å². The maximum atomic E-state index is 5.92. The highest BCUT2D eigenvalue weighted by Crippen LogP contribution is 2.28. The van der Waals surface area contributed by atoms with Crippen molar-refractivity contribution in [2.45, 2.75) is 25.7 Å². The van der Waals surface area contributed by atoms with Crippen molar-refractivity contribution in [3.05, 3.63) is 36.1 Å². The van der Waals surface area contributed by atoms with E-state index in [-0.39, 0.29) is 12.3 Å². The highest BCUT2D eigenvalue weighted by atomic mass is 16.7. The Hall–Kier alpha value is -1.36. The van der Waals surface area contributed by atoms with Gasteiger partial charge in [0.25, 0.3) is 0 Å². The number of rotatable bonds is 5. The molecule has 0 radical (unpaired) electrons. The minimum absolute atomic E-state index is 0.125. The molecule has 0 aliphatic carbocycles. The van der Waals surface area contributed by atoms with Crippen LogP contribution in [0.2, 0.25) is 0 Å². The first-order chi connectivity index (χ1) is 9.36. The summed E-state index contributed by atoms with van der Waals surface area (Å²) in [5.41, 5.74) is 0.925. The van der Waals surface area contributed by atoms with Gasteiger partial charge < -0.3 is 19.2 Å². The van der Waals surface area contributed by atoms with E-state index < -0.39 is 0 Å². The number of para-hydroxylation sites is 1. The van der Waals surface area contributed by atoms with Crippen LogP contribution in [0.5, 0.6) is 0 Å². The van der Waals surface area contributed by atoms with Crippen LogP contribution >= 0.6 is 0 Å². The normalized spacial score (nSPS) is 18.2. The van der Waals surface area contributed by atoms with E-state index in [1.807, 2.05) is 18.2 Å². The first kappa shape index (κ1) is 12.7. The standard InChI is InChI=1S/C15H19NO3/c1-2-16-12(10-15-17-7-8-18-15)14-9-11-5-3-4-6-13(11)19-14/h3-6,9,12,15-16H,2,7-8,10H2,1H3. The van der Waals surface area contributed by atoms with Crippen LogP contribution in [0, 0.1) is 0 Å². The number of nitrogens with one attached hydrogen (secondary N) is 1. The van der Waals surface area contributed by atoms with Gasteiger partial charge in [0, 0.05) is 11.8 Å². The summed E-state index contributed by atoms with van der Waals surface area (Å²) >= 11 is 0. The molecule has 1 N–H and O–H groups in total. The third-order valence-electron chi connectivity index (χ3n) is 3.36. The van der Waals surface area contributed by atoms with Gasteiger partial charge in [-0.15, -0.1) is 0 Å². The zero-order valence-corrected chi connectivity index (χ0v) is 11.1. The van der Waals surface area contributed by atoms with Gasteiger partial charge in [-0.1, -0.05) is 25.1 Å². The smallest absolute Gasteiger partial charge is 0.159 e.